The first-order valence-corrected chi connectivity index (χ1v) is 8.13. The van der Waals surface area contributed by atoms with Crippen molar-refractivity contribution in [2.75, 3.05) is 26.1 Å². The second-order valence-electron chi connectivity index (χ2n) is 4.91. The Morgan fingerprint density at radius 2 is 2.15 bits per heavy atom. The van der Waals surface area contributed by atoms with E-state index in [1.807, 2.05) is 12.1 Å². The summed E-state index contributed by atoms with van der Waals surface area (Å²) < 4.78 is 15.4. The van der Waals surface area contributed by atoms with Crippen molar-refractivity contribution in [3.05, 3.63) is 35.2 Å². The molecule has 0 saturated carbocycles. The molecule has 2 rings (SSSR count). The Bertz CT molecular complexity index is 798. The van der Waals surface area contributed by atoms with Gasteiger partial charge in [-0.05, 0) is 30.7 Å². The summed E-state index contributed by atoms with van der Waals surface area (Å²) in [7, 11) is 3.16. The van der Waals surface area contributed by atoms with Crippen molar-refractivity contribution in [3.63, 3.8) is 0 Å². The summed E-state index contributed by atoms with van der Waals surface area (Å²) in [5.74, 6) is 1.18. The molecule has 0 unspecified atom stereocenters. The van der Waals surface area contributed by atoms with Gasteiger partial charge < -0.3 is 19.5 Å². The third-order valence-electron chi connectivity index (χ3n) is 3.28. The summed E-state index contributed by atoms with van der Waals surface area (Å²) in [6.07, 6.45) is 2.48. The fraction of sp³-hybridized carbons (Fsp3) is 0.294. The number of rotatable bonds is 8. The van der Waals surface area contributed by atoms with Crippen molar-refractivity contribution in [2.24, 2.45) is 4.99 Å². The van der Waals surface area contributed by atoms with Crippen molar-refractivity contribution < 1.29 is 19.0 Å². The predicted molar refractivity (Wildman–Crippen MR) is 98.7 cm³/mol. The fourth-order valence-electron chi connectivity index (χ4n) is 2.06. The highest BCUT2D eigenvalue weighted by atomic mass is 35.5. The van der Waals surface area contributed by atoms with Crippen LogP contribution >= 0.6 is 11.6 Å². The van der Waals surface area contributed by atoms with Crippen LogP contribution in [0.4, 0.5) is 11.5 Å². The number of hydrogen-bond donors (Lipinski definition) is 1. The van der Waals surface area contributed by atoms with E-state index in [0.717, 1.165) is 11.8 Å². The lowest BCUT2D eigenvalue weighted by Gasteiger charge is -2.12. The first-order chi connectivity index (χ1) is 12.6. The summed E-state index contributed by atoms with van der Waals surface area (Å²) in [6.45, 7) is 2.37. The second kappa shape index (κ2) is 9.57. The molecule has 0 atom stereocenters. The molecule has 138 valence electrons. The van der Waals surface area contributed by atoms with Crippen LogP contribution in [-0.2, 0) is 16.1 Å². The molecule has 0 amide bonds. The molecule has 0 bridgehead atoms. The predicted octanol–water partition coefficient (Wildman–Crippen LogP) is 3.02. The minimum absolute atomic E-state index is 0.0595. The van der Waals surface area contributed by atoms with E-state index in [-0.39, 0.29) is 11.9 Å². The van der Waals surface area contributed by atoms with Gasteiger partial charge in [-0.3, -0.25) is 0 Å². The second-order valence-corrected chi connectivity index (χ2v) is 5.25. The maximum absolute atomic E-state index is 11.4. The largest absolute Gasteiger partial charge is 0.497 e. The van der Waals surface area contributed by atoms with E-state index in [1.54, 1.807) is 27.2 Å². The van der Waals surface area contributed by atoms with Gasteiger partial charge in [0.2, 0.25) is 5.28 Å². The highest BCUT2D eigenvalue weighted by molar-refractivity contribution is 6.28. The lowest BCUT2D eigenvalue weighted by Crippen LogP contribution is -2.06. The van der Waals surface area contributed by atoms with E-state index < -0.39 is 5.97 Å². The van der Waals surface area contributed by atoms with Crippen molar-refractivity contribution in [2.45, 2.75) is 13.5 Å². The van der Waals surface area contributed by atoms with Gasteiger partial charge in [-0.2, -0.15) is 4.98 Å². The molecule has 1 aromatic heterocycles. The summed E-state index contributed by atoms with van der Waals surface area (Å²) in [5, 5.41) is 3.18. The molecule has 1 N–H and O–H groups in total. The molecule has 0 aliphatic rings. The number of methoxy groups -OCH3 is 2. The minimum Gasteiger partial charge on any atom is -0.497 e. The molecule has 2 aromatic rings. The number of esters is 1. The molecule has 0 spiro atoms. The van der Waals surface area contributed by atoms with E-state index in [0.29, 0.717) is 29.5 Å². The molecule has 1 aromatic carbocycles. The van der Waals surface area contributed by atoms with Crippen molar-refractivity contribution in [3.8, 4) is 11.5 Å². The minimum atomic E-state index is -0.551. The lowest BCUT2D eigenvalue weighted by molar-refractivity contribution is -0.134. The van der Waals surface area contributed by atoms with Gasteiger partial charge in [-0.1, -0.05) is 0 Å². The van der Waals surface area contributed by atoms with Crippen LogP contribution in [-0.4, -0.2) is 43.0 Å². The van der Waals surface area contributed by atoms with Gasteiger partial charge in [0.15, 0.2) is 5.82 Å². The molecule has 0 fully saturated rings. The number of halogens is 1. The Morgan fingerprint density at radius 1 is 1.35 bits per heavy atom. The maximum atomic E-state index is 11.4. The van der Waals surface area contributed by atoms with Gasteiger partial charge >= 0.3 is 5.97 Å². The summed E-state index contributed by atoms with van der Waals surface area (Å²) in [6, 6.07) is 5.48. The van der Waals surface area contributed by atoms with E-state index in [2.05, 4.69) is 20.3 Å². The number of carbonyl (C=O) groups excluding carboxylic acids is 1. The first kappa shape index (κ1) is 19.5. The van der Waals surface area contributed by atoms with Crippen molar-refractivity contribution >= 4 is 35.3 Å². The van der Waals surface area contributed by atoms with Crippen LogP contribution in [0.5, 0.6) is 11.5 Å². The number of ether oxygens (including phenoxy) is 3. The van der Waals surface area contributed by atoms with Gasteiger partial charge in [0.1, 0.15) is 23.4 Å². The van der Waals surface area contributed by atoms with Crippen LogP contribution in [0.2, 0.25) is 5.28 Å². The lowest BCUT2D eigenvalue weighted by atomic mass is 10.2. The van der Waals surface area contributed by atoms with Crippen LogP contribution in [0.3, 0.4) is 0 Å². The monoisotopic (exact) mass is 378 g/mol. The molecule has 8 nitrogen and oxygen atoms in total. The first-order valence-electron chi connectivity index (χ1n) is 7.75. The Kier molecular flexibility index (Phi) is 7.16. The number of benzene rings is 1. The molecule has 0 aliphatic heterocycles. The summed E-state index contributed by atoms with van der Waals surface area (Å²) >= 11 is 5.86. The van der Waals surface area contributed by atoms with Crippen molar-refractivity contribution in [1.82, 2.24) is 9.97 Å². The molecule has 1 heterocycles. The van der Waals surface area contributed by atoms with E-state index in [4.69, 9.17) is 25.8 Å². The Labute approximate surface area is 156 Å². The molecule has 9 heteroatoms. The normalized spacial score (nSPS) is 10.6. The average molecular weight is 379 g/mol. The zero-order chi connectivity index (χ0) is 18.9. The molecule has 26 heavy (non-hydrogen) atoms. The van der Waals surface area contributed by atoms with Gasteiger partial charge in [-0.15, -0.1) is 0 Å². The highest BCUT2D eigenvalue weighted by Crippen LogP contribution is 2.27. The van der Waals surface area contributed by atoms with Crippen LogP contribution in [0.1, 0.15) is 12.5 Å². The third kappa shape index (κ3) is 5.32. The Balaban J connectivity index is 2.19. The van der Waals surface area contributed by atoms with Crippen LogP contribution in [0.15, 0.2) is 29.4 Å². The zero-order valence-electron chi connectivity index (χ0n) is 14.7. The quantitative estimate of drug-likeness (QED) is 0.428. The number of anilines is 1. The Hall–Kier alpha value is -2.87. The number of aliphatic imine (C=N–C) groups is 1. The van der Waals surface area contributed by atoms with Crippen molar-refractivity contribution in [1.29, 1.82) is 0 Å². The smallest absolute Gasteiger partial charge is 0.349 e. The number of aromatic nitrogens is 2. The standard InChI is InChI=1S/C17H19ClN4O4/c1-4-26-15(23)10-19-13-9-21-17(18)22-16(13)20-8-11-5-6-12(24-2)7-14(11)25-3/h5-7,9-10H,4,8H2,1-3H3,(H,20,21,22)/b19-10+. The fourth-order valence-corrected chi connectivity index (χ4v) is 2.19. The van der Waals surface area contributed by atoms with Gasteiger partial charge in [0, 0.05) is 18.2 Å². The van der Waals surface area contributed by atoms with E-state index in [1.165, 1.54) is 6.20 Å². The zero-order valence-corrected chi connectivity index (χ0v) is 15.4. The topological polar surface area (TPSA) is 94.9 Å². The molecular weight excluding hydrogens is 360 g/mol. The number of hydrogen-bond acceptors (Lipinski definition) is 8. The maximum Gasteiger partial charge on any atom is 0.349 e. The summed E-state index contributed by atoms with van der Waals surface area (Å²) in [4.78, 5) is 23.5. The molecule has 0 radical (unpaired) electrons. The van der Waals surface area contributed by atoms with Crippen LogP contribution in [0.25, 0.3) is 0 Å². The molecule has 0 saturated heterocycles. The summed E-state index contributed by atoms with van der Waals surface area (Å²) in [5.41, 5.74) is 1.23. The van der Waals surface area contributed by atoms with E-state index in [9.17, 15) is 4.79 Å². The van der Waals surface area contributed by atoms with E-state index >= 15 is 0 Å². The number of nitrogens with one attached hydrogen (secondary N) is 1. The molecule has 0 aliphatic carbocycles. The third-order valence-corrected chi connectivity index (χ3v) is 3.46. The number of carbonyl (C=O) groups is 1. The van der Waals surface area contributed by atoms with Gasteiger partial charge in [0.25, 0.3) is 0 Å². The van der Waals surface area contributed by atoms with Gasteiger partial charge in [-0.25, -0.2) is 14.8 Å². The Morgan fingerprint density at radius 3 is 2.85 bits per heavy atom. The number of nitrogens with zero attached hydrogens (tertiary/aromatic N) is 3. The van der Waals surface area contributed by atoms with Gasteiger partial charge in [0.05, 0.1) is 27.0 Å². The average Bonchev–Trinajstić information content (AvgIpc) is 2.65. The SMILES string of the molecule is CCOC(=O)/C=N/c1cnc(Cl)nc1NCc1ccc(OC)cc1OC. The van der Waals surface area contributed by atoms with Crippen LogP contribution in [0, 0.1) is 0 Å². The molecular formula is C17H19ClN4O4. The van der Waals surface area contributed by atoms with Crippen LogP contribution < -0.4 is 14.8 Å². The highest BCUT2D eigenvalue weighted by Gasteiger charge is 2.09.